The predicted octanol–water partition coefficient (Wildman–Crippen LogP) is 3.18. The van der Waals surface area contributed by atoms with E-state index in [2.05, 4.69) is 22.4 Å². The smallest absolute Gasteiger partial charge is 0.407 e. The van der Waals surface area contributed by atoms with Crippen LogP contribution in [0.15, 0.2) is 60.9 Å². The number of carboxylic acid groups (broad SMARTS) is 1. The van der Waals surface area contributed by atoms with Crippen molar-refractivity contribution in [1.29, 1.82) is 0 Å². The zero-order valence-electron chi connectivity index (χ0n) is 15.9. The Bertz CT molecular complexity index is 1010. The molecule has 1 aliphatic carbocycles. The minimum Gasteiger partial charge on any atom is -0.480 e. The highest BCUT2D eigenvalue weighted by atomic mass is 16.5. The van der Waals surface area contributed by atoms with Gasteiger partial charge in [-0.1, -0.05) is 48.5 Å². The molecule has 0 saturated carbocycles. The molecule has 0 fully saturated rings. The Morgan fingerprint density at radius 2 is 1.76 bits per heavy atom. The number of benzene rings is 2. The van der Waals surface area contributed by atoms with E-state index in [0.717, 1.165) is 22.3 Å². The van der Waals surface area contributed by atoms with Gasteiger partial charge in [0.2, 0.25) is 0 Å². The number of carbonyl (C=O) groups excluding carboxylic acids is 1. The lowest BCUT2D eigenvalue weighted by atomic mass is 9.98. The van der Waals surface area contributed by atoms with Crippen LogP contribution in [-0.4, -0.2) is 39.4 Å². The topological polar surface area (TPSA) is 93.5 Å². The Kier molecular flexibility index (Phi) is 5.03. The number of aryl methyl sites for hydroxylation is 1. The number of aliphatic carboxylic acids is 1. The number of rotatable bonds is 6. The molecule has 1 aromatic heterocycles. The van der Waals surface area contributed by atoms with E-state index < -0.39 is 18.1 Å². The highest BCUT2D eigenvalue weighted by Gasteiger charge is 2.29. The lowest BCUT2D eigenvalue weighted by Gasteiger charge is -2.18. The van der Waals surface area contributed by atoms with Gasteiger partial charge in [0.05, 0.1) is 6.54 Å². The number of fused-ring (bicyclic) bond motifs is 3. The molecule has 7 heteroatoms. The number of nitrogens with zero attached hydrogens (tertiary/aromatic N) is 2. The molecule has 2 aromatic carbocycles. The fraction of sp³-hybridized carbons (Fsp3) is 0.227. The number of amides is 1. The number of aromatic nitrogens is 2. The van der Waals surface area contributed by atoms with Crippen molar-refractivity contribution in [1.82, 2.24) is 14.9 Å². The minimum atomic E-state index is -1.13. The van der Waals surface area contributed by atoms with Crippen LogP contribution in [0.25, 0.3) is 11.1 Å². The minimum absolute atomic E-state index is 0.0748. The average Bonchev–Trinajstić information content (AvgIpc) is 3.27. The van der Waals surface area contributed by atoms with Gasteiger partial charge in [0, 0.05) is 18.3 Å². The number of hydrogen-bond donors (Lipinski definition) is 2. The molecule has 0 aliphatic heterocycles. The lowest BCUT2D eigenvalue weighted by Crippen LogP contribution is -2.44. The Morgan fingerprint density at radius 1 is 1.14 bits per heavy atom. The van der Waals surface area contributed by atoms with E-state index in [9.17, 15) is 14.7 Å². The molecule has 3 aromatic rings. The van der Waals surface area contributed by atoms with Gasteiger partial charge in [0.25, 0.3) is 0 Å². The monoisotopic (exact) mass is 391 g/mol. The zero-order valence-corrected chi connectivity index (χ0v) is 15.9. The number of carbonyl (C=O) groups is 2. The standard InChI is InChI=1S/C22H21N3O4/c1-14-23-10-11-25(14)12-20(21(26)27)24-22(28)29-13-19-17-8-4-2-6-15(17)16-7-3-5-9-18(16)19/h2-11,19-20H,12-13H2,1H3,(H,24,28)(H,26,27). The van der Waals surface area contributed by atoms with Crippen LogP contribution in [-0.2, 0) is 16.1 Å². The van der Waals surface area contributed by atoms with Crippen molar-refractivity contribution >= 4 is 12.1 Å². The first-order valence-corrected chi connectivity index (χ1v) is 9.36. The molecular weight excluding hydrogens is 370 g/mol. The van der Waals surface area contributed by atoms with Gasteiger partial charge in [-0.15, -0.1) is 0 Å². The average molecular weight is 391 g/mol. The summed E-state index contributed by atoms with van der Waals surface area (Å²) in [6.45, 7) is 1.98. The predicted molar refractivity (Wildman–Crippen MR) is 107 cm³/mol. The lowest BCUT2D eigenvalue weighted by molar-refractivity contribution is -0.139. The van der Waals surface area contributed by atoms with E-state index in [1.807, 2.05) is 36.4 Å². The summed E-state index contributed by atoms with van der Waals surface area (Å²) in [7, 11) is 0. The highest BCUT2D eigenvalue weighted by molar-refractivity contribution is 5.81. The highest BCUT2D eigenvalue weighted by Crippen LogP contribution is 2.44. The van der Waals surface area contributed by atoms with Gasteiger partial charge in [0.15, 0.2) is 0 Å². The maximum Gasteiger partial charge on any atom is 0.407 e. The van der Waals surface area contributed by atoms with Gasteiger partial charge >= 0.3 is 12.1 Å². The first-order valence-electron chi connectivity index (χ1n) is 9.36. The second kappa shape index (κ2) is 7.79. The Balaban J connectivity index is 1.44. The summed E-state index contributed by atoms with van der Waals surface area (Å²) < 4.78 is 7.10. The number of hydrogen-bond acceptors (Lipinski definition) is 4. The second-order valence-corrected chi connectivity index (χ2v) is 6.99. The number of ether oxygens (including phenoxy) is 1. The van der Waals surface area contributed by atoms with Crippen LogP contribution in [0.4, 0.5) is 4.79 Å². The molecule has 2 N–H and O–H groups in total. The van der Waals surface area contributed by atoms with Gasteiger partial charge < -0.3 is 19.7 Å². The van der Waals surface area contributed by atoms with Gasteiger partial charge in [-0.3, -0.25) is 0 Å². The van der Waals surface area contributed by atoms with E-state index in [4.69, 9.17) is 4.74 Å². The SMILES string of the molecule is Cc1nccn1CC(NC(=O)OCC1c2ccccc2-c2ccccc21)C(=O)O. The first kappa shape index (κ1) is 18.7. The van der Waals surface area contributed by atoms with Crippen LogP contribution in [0.5, 0.6) is 0 Å². The molecule has 0 bridgehead atoms. The molecule has 0 saturated heterocycles. The third-order valence-electron chi connectivity index (χ3n) is 5.24. The molecule has 1 atom stereocenters. The van der Waals surface area contributed by atoms with E-state index in [0.29, 0.717) is 5.82 Å². The third-order valence-corrected chi connectivity index (χ3v) is 5.24. The van der Waals surface area contributed by atoms with Crippen LogP contribution in [0.3, 0.4) is 0 Å². The van der Waals surface area contributed by atoms with Crippen LogP contribution >= 0.6 is 0 Å². The van der Waals surface area contributed by atoms with E-state index in [-0.39, 0.29) is 19.1 Å². The molecule has 148 valence electrons. The van der Waals surface area contributed by atoms with E-state index in [1.165, 1.54) is 0 Å². The number of imidazole rings is 1. The van der Waals surface area contributed by atoms with Crippen molar-refractivity contribution in [3.8, 4) is 11.1 Å². The van der Waals surface area contributed by atoms with Crippen LogP contribution in [0.2, 0.25) is 0 Å². The van der Waals surface area contributed by atoms with Crippen molar-refractivity contribution in [3.05, 3.63) is 77.9 Å². The van der Waals surface area contributed by atoms with Gasteiger partial charge in [-0.05, 0) is 29.2 Å². The Labute approximate surface area is 168 Å². The van der Waals surface area contributed by atoms with Crippen LogP contribution < -0.4 is 5.32 Å². The Hall–Kier alpha value is -3.61. The molecule has 1 heterocycles. The van der Waals surface area contributed by atoms with Crippen molar-refractivity contribution in [3.63, 3.8) is 0 Å². The summed E-state index contributed by atoms with van der Waals surface area (Å²) >= 11 is 0. The largest absolute Gasteiger partial charge is 0.480 e. The molecule has 4 rings (SSSR count). The zero-order chi connectivity index (χ0) is 20.4. The first-order chi connectivity index (χ1) is 14.0. The van der Waals surface area contributed by atoms with Crippen molar-refractivity contribution in [2.24, 2.45) is 0 Å². The van der Waals surface area contributed by atoms with E-state index in [1.54, 1.807) is 23.9 Å². The summed E-state index contributed by atoms with van der Waals surface area (Å²) in [4.78, 5) is 28.0. The number of nitrogens with one attached hydrogen (secondary N) is 1. The fourth-order valence-corrected chi connectivity index (χ4v) is 3.76. The normalized spacial score (nSPS) is 13.4. The van der Waals surface area contributed by atoms with Crippen molar-refractivity contribution < 1.29 is 19.4 Å². The molecule has 1 aliphatic rings. The summed E-state index contributed by atoms with van der Waals surface area (Å²) in [6.07, 6.45) is 2.50. The van der Waals surface area contributed by atoms with Crippen LogP contribution in [0.1, 0.15) is 22.9 Å². The quantitative estimate of drug-likeness (QED) is 0.673. The molecule has 29 heavy (non-hydrogen) atoms. The number of alkyl carbamates (subject to hydrolysis) is 1. The van der Waals surface area contributed by atoms with Crippen molar-refractivity contribution in [2.75, 3.05) is 6.61 Å². The van der Waals surface area contributed by atoms with E-state index >= 15 is 0 Å². The maximum absolute atomic E-state index is 12.3. The van der Waals surface area contributed by atoms with Gasteiger partial charge in [-0.2, -0.15) is 0 Å². The molecule has 1 unspecified atom stereocenters. The van der Waals surface area contributed by atoms with Crippen molar-refractivity contribution in [2.45, 2.75) is 25.4 Å². The van der Waals surface area contributed by atoms with Gasteiger partial charge in [-0.25, -0.2) is 14.6 Å². The Morgan fingerprint density at radius 3 is 2.31 bits per heavy atom. The number of carboxylic acids is 1. The maximum atomic E-state index is 12.3. The summed E-state index contributed by atoms with van der Waals surface area (Å²) in [5, 5.41) is 11.9. The fourth-order valence-electron chi connectivity index (χ4n) is 3.76. The van der Waals surface area contributed by atoms with Crippen LogP contribution in [0, 0.1) is 6.92 Å². The molecule has 0 spiro atoms. The molecule has 0 radical (unpaired) electrons. The second-order valence-electron chi connectivity index (χ2n) is 6.99. The third kappa shape index (κ3) is 3.71. The summed E-state index contributed by atoms with van der Waals surface area (Å²) in [5.41, 5.74) is 4.47. The molecular formula is C22H21N3O4. The summed E-state index contributed by atoms with van der Waals surface area (Å²) in [5.74, 6) is -0.537. The van der Waals surface area contributed by atoms with Gasteiger partial charge in [0.1, 0.15) is 18.5 Å². The summed E-state index contributed by atoms with van der Waals surface area (Å²) in [6, 6.07) is 15.0. The molecule has 1 amide bonds. The molecule has 7 nitrogen and oxygen atoms in total.